The Hall–Kier alpha value is -0.870. The van der Waals surface area contributed by atoms with Gasteiger partial charge < -0.3 is 11.1 Å². The van der Waals surface area contributed by atoms with Gasteiger partial charge in [-0.25, -0.2) is 0 Å². The molecule has 0 bridgehead atoms. The Labute approximate surface area is 87.9 Å². The van der Waals surface area contributed by atoms with Gasteiger partial charge in [0.25, 0.3) is 0 Å². The molecule has 1 aromatic heterocycles. The van der Waals surface area contributed by atoms with Crippen LogP contribution in [0.25, 0.3) is 0 Å². The average molecular weight is 213 g/mol. The minimum atomic E-state index is 0.306. The molecule has 3 N–H and O–H groups in total. The lowest BCUT2D eigenvalue weighted by molar-refractivity contribution is 0.567. The van der Waals surface area contributed by atoms with Crippen molar-refractivity contribution >= 4 is 17.4 Å². The van der Waals surface area contributed by atoms with Crippen LogP contribution in [0.1, 0.15) is 12.1 Å². The number of nitrogen functional groups attached to an aromatic ring is 1. The van der Waals surface area contributed by atoms with Crippen LogP contribution in [0.4, 0.5) is 5.82 Å². The summed E-state index contributed by atoms with van der Waals surface area (Å²) in [4.78, 5) is 0. The Bertz CT molecular complexity index is 323. The second-order valence-corrected chi connectivity index (χ2v) is 4.04. The van der Waals surface area contributed by atoms with Gasteiger partial charge in [0, 0.05) is 0 Å². The highest BCUT2D eigenvalue weighted by Crippen LogP contribution is 2.18. The number of aromatic nitrogens is 2. The standard InChI is InChI=1S/C9H13ClN4/c10-8-4-7(13-14-9(8)11)3-6-1-2-12-5-6/h4,6,12H,1-3,5H2,(H2,11,14). The van der Waals surface area contributed by atoms with E-state index in [0.717, 1.165) is 25.2 Å². The van der Waals surface area contributed by atoms with Gasteiger partial charge >= 0.3 is 0 Å². The van der Waals surface area contributed by atoms with Crippen LogP contribution in [0.15, 0.2) is 6.07 Å². The Balaban J connectivity index is 2.05. The van der Waals surface area contributed by atoms with Crippen LogP contribution in [0, 0.1) is 5.92 Å². The summed E-state index contributed by atoms with van der Waals surface area (Å²) in [6, 6.07) is 1.81. The largest absolute Gasteiger partial charge is 0.381 e. The zero-order valence-corrected chi connectivity index (χ0v) is 8.59. The number of anilines is 1. The molecule has 76 valence electrons. The van der Waals surface area contributed by atoms with E-state index in [1.54, 1.807) is 0 Å². The Kier molecular flexibility index (Phi) is 2.84. The van der Waals surface area contributed by atoms with Gasteiger partial charge in [0.2, 0.25) is 0 Å². The lowest BCUT2D eigenvalue weighted by atomic mass is 10.0. The summed E-state index contributed by atoms with van der Waals surface area (Å²) >= 11 is 5.86. The SMILES string of the molecule is Nc1nnc(CC2CCNC2)cc1Cl. The van der Waals surface area contributed by atoms with Crippen molar-refractivity contribution in [2.45, 2.75) is 12.8 Å². The molecular formula is C9H13ClN4. The van der Waals surface area contributed by atoms with Crippen molar-refractivity contribution in [3.63, 3.8) is 0 Å². The van der Waals surface area contributed by atoms with Gasteiger partial charge in [-0.2, -0.15) is 5.10 Å². The van der Waals surface area contributed by atoms with E-state index >= 15 is 0 Å². The fourth-order valence-electron chi connectivity index (χ4n) is 1.70. The molecule has 0 aliphatic carbocycles. The summed E-state index contributed by atoms with van der Waals surface area (Å²) in [5, 5.41) is 11.6. The van der Waals surface area contributed by atoms with Crippen LogP contribution in [0.2, 0.25) is 5.02 Å². The van der Waals surface area contributed by atoms with Crippen LogP contribution in [0.5, 0.6) is 0 Å². The second kappa shape index (κ2) is 4.11. The van der Waals surface area contributed by atoms with Crippen LogP contribution in [0.3, 0.4) is 0 Å². The molecule has 1 aliphatic rings. The summed E-state index contributed by atoms with van der Waals surface area (Å²) in [6.45, 7) is 2.16. The van der Waals surface area contributed by atoms with Gasteiger partial charge in [-0.3, -0.25) is 0 Å². The van der Waals surface area contributed by atoms with Gasteiger partial charge in [-0.1, -0.05) is 11.6 Å². The molecule has 2 rings (SSSR count). The second-order valence-electron chi connectivity index (χ2n) is 3.63. The van der Waals surface area contributed by atoms with Gasteiger partial charge in [0.1, 0.15) is 0 Å². The molecule has 0 amide bonds. The smallest absolute Gasteiger partial charge is 0.164 e. The molecule has 2 heterocycles. The first-order valence-corrected chi connectivity index (χ1v) is 5.12. The third-order valence-corrected chi connectivity index (χ3v) is 2.79. The predicted octanol–water partition coefficient (Wildman–Crippen LogP) is 0.864. The first-order valence-electron chi connectivity index (χ1n) is 4.74. The fraction of sp³-hybridized carbons (Fsp3) is 0.556. The van der Waals surface area contributed by atoms with Crippen molar-refractivity contribution in [1.82, 2.24) is 15.5 Å². The topological polar surface area (TPSA) is 63.8 Å². The lowest BCUT2D eigenvalue weighted by Crippen LogP contribution is -2.12. The number of nitrogens with one attached hydrogen (secondary N) is 1. The van der Waals surface area contributed by atoms with Crippen LogP contribution >= 0.6 is 11.6 Å². The zero-order valence-electron chi connectivity index (χ0n) is 7.83. The molecule has 1 atom stereocenters. The summed E-state index contributed by atoms with van der Waals surface area (Å²) in [6.07, 6.45) is 2.13. The lowest BCUT2D eigenvalue weighted by Gasteiger charge is -2.07. The molecule has 1 unspecified atom stereocenters. The highest BCUT2D eigenvalue weighted by atomic mass is 35.5. The first-order chi connectivity index (χ1) is 6.75. The van der Waals surface area contributed by atoms with E-state index in [-0.39, 0.29) is 0 Å². The molecule has 1 saturated heterocycles. The maximum atomic E-state index is 5.86. The van der Waals surface area contributed by atoms with E-state index in [1.807, 2.05) is 6.07 Å². The van der Waals surface area contributed by atoms with Crippen molar-refractivity contribution in [1.29, 1.82) is 0 Å². The van der Waals surface area contributed by atoms with E-state index < -0.39 is 0 Å². The molecule has 1 aromatic rings. The number of hydrogen-bond acceptors (Lipinski definition) is 4. The van der Waals surface area contributed by atoms with Gasteiger partial charge in [-0.15, -0.1) is 5.10 Å². The van der Waals surface area contributed by atoms with Crippen LogP contribution in [-0.4, -0.2) is 23.3 Å². The molecule has 0 aromatic carbocycles. The summed E-state index contributed by atoms with van der Waals surface area (Å²) in [5.41, 5.74) is 6.41. The summed E-state index contributed by atoms with van der Waals surface area (Å²) in [7, 11) is 0. The van der Waals surface area contributed by atoms with Gasteiger partial charge in [0.05, 0.1) is 10.7 Å². The Morgan fingerprint density at radius 3 is 3.07 bits per heavy atom. The van der Waals surface area contributed by atoms with Crippen molar-refractivity contribution in [2.24, 2.45) is 5.92 Å². The fourth-order valence-corrected chi connectivity index (χ4v) is 1.86. The third-order valence-electron chi connectivity index (χ3n) is 2.48. The van der Waals surface area contributed by atoms with E-state index in [2.05, 4.69) is 15.5 Å². The highest BCUT2D eigenvalue weighted by molar-refractivity contribution is 6.32. The van der Waals surface area contributed by atoms with E-state index in [9.17, 15) is 0 Å². The van der Waals surface area contributed by atoms with E-state index in [0.29, 0.717) is 16.8 Å². The maximum Gasteiger partial charge on any atom is 0.164 e. The molecule has 0 saturated carbocycles. The molecule has 14 heavy (non-hydrogen) atoms. The predicted molar refractivity (Wildman–Crippen MR) is 56.1 cm³/mol. The minimum absolute atomic E-state index is 0.306. The van der Waals surface area contributed by atoms with Crippen molar-refractivity contribution in [3.8, 4) is 0 Å². The normalized spacial score (nSPS) is 21.4. The Morgan fingerprint density at radius 2 is 2.43 bits per heavy atom. The molecule has 0 spiro atoms. The number of halogens is 1. The monoisotopic (exact) mass is 212 g/mol. The van der Waals surface area contributed by atoms with Crippen molar-refractivity contribution < 1.29 is 0 Å². The number of nitrogens with two attached hydrogens (primary N) is 1. The van der Waals surface area contributed by atoms with Crippen molar-refractivity contribution in [2.75, 3.05) is 18.8 Å². The van der Waals surface area contributed by atoms with Crippen molar-refractivity contribution in [3.05, 3.63) is 16.8 Å². The van der Waals surface area contributed by atoms with Crippen LogP contribution < -0.4 is 11.1 Å². The molecule has 4 nitrogen and oxygen atoms in total. The van der Waals surface area contributed by atoms with E-state index in [1.165, 1.54) is 6.42 Å². The molecule has 5 heteroatoms. The summed E-state index contributed by atoms with van der Waals surface area (Å²) < 4.78 is 0. The van der Waals surface area contributed by atoms with Crippen LogP contribution in [-0.2, 0) is 6.42 Å². The molecule has 1 aliphatic heterocycles. The minimum Gasteiger partial charge on any atom is -0.381 e. The molecular weight excluding hydrogens is 200 g/mol. The van der Waals surface area contributed by atoms with E-state index in [4.69, 9.17) is 17.3 Å². The first kappa shape index (κ1) is 9.68. The molecule has 0 radical (unpaired) electrons. The number of rotatable bonds is 2. The molecule has 1 fully saturated rings. The summed E-state index contributed by atoms with van der Waals surface area (Å²) in [5.74, 6) is 0.962. The zero-order chi connectivity index (χ0) is 9.97. The van der Waals surface area contributed by atoms with Gasteiger partial charge in [0.15, 0.2) is 5.82 Å². The third kappa shape index (κ3) is 2.13. The maximum absolute atomic E-state index is 5.86. The quantitative estimate of drug-likeness (QED) is 0.764. The van der Waals surface area contributed by atoms with Gasteiger partial charge in [-0.05, 0) is 37.9 Å². The number of hydrogen-bond donors (Lipinski definition) is 2. The highest BCUT2D eigenvalue weighted by Gasteiger charge is 2.16. The average Bonchev–Trinajstić information content (AvgIpc) is 2.64. The Morgan fingerprint density at radius 1 is 1.57 bits per heavy atom. The number of nitrogens with zero attached hydrogens (tertiary/aromatic N) is 2.